The summed E-state index contributed by atoms with van der Waals surface area (Å²) < 4.78 is 0. The van der Waals surface area contributed by atoms with Gasteiger partial charge in [-0.15, -0.1) is 0 Å². The van der Waals surface area contributed by atoms with E-state index in [0.717, 1.165) is 65.3 Å². The van der Waals surface area contributed by atoms with Gasteiger partial charge in [0.05, 0.1) is 22.8 Å². The molecule has 4 nitrogen and oxygen atoms in total. The van der Waals surface area contributed by atoms with Crippen LogP contribution in [-0.4, -0.2) is 17.0 Å². The number of hydrogen-bond acceptors (Lipinski definition) is 4. The Balaban J connectivity index is 1.22. The lowest BCUT2D eigenvalue weighted by Gasteiger charge is -2.32. The minimum atomic E-state index is 0.0369. The largest absolute Gasteiger partial charge is 0.416 e. The topological polar surface area (TPSA) is 32.3 Å². The van der Waals surface area contributed by atoms with Gasteiger partial charge in [0.25, 0.3) is 0 Å². The van der Waals surface area contributed by atoms with Gasteiger partial charge in [0, 0.05) is 22.5 Å². The molecule has 1 aromatic heterocycles. The third-order valence-corrected chi connectivity index (χ3v) is 8.79. The number of allylic oxidation sites excluding steroid dienone is 8. The molecule has 2 aliphatic carbocycles. The van der Waals surface area contributed by atoms with E-state index in [9.17, 15) is 0 Å². The summed E-state index contributed by atoms with van der Waals surface area (Å²) in [6, 6.07) is 40.8. The van der Waals surface area contributed by atoms with Crippen molar-refractivity contribution in [1.82, 2.24) is 9.97 Å². The zero-order valence-electron chi connectivity index (χ0n) is 25.1. The average Bonchev–Trinajstić information content (AvgIpc) is 3.48. The van der Waals surface area contributed by atoms with E-state index in [4.69, 9.17) is 9.97 Å². The minimum absolute atomic E-state index is 0.0369. The van der Waals surface area contributed by atoms with Crippen LogP contribution in [0.1, 0.15) is 31.4 Å². The lowest BCUT2D eigenvalue weighted by Crippen LogP contribution is -2.45. The van der Waals surface area contributed by atoms with Crippen molar-refractivity contribution in [2.24, 2.45) is 0 Å². The van der Waals surface area contributed by atoms with Crippen molar-refractivity contribution >= 4 is 35.3 Å². The highest BCUT2D eigenvalue weighted by Gasteiger charge is 2.44. The van der Waals surface area contributed by atoms with Gasteiger partial charge < -0.3 is 9.62 Å². The fourth-order valence-electron chi connectivity index (χ4n) is 6.62. The highest BCUT2D eigenvalue weighted by molar-refractivity contribution is 6.79. The van der Waals surface area contributed by atoms with E-state index < -0.39 is 0 Å². The normalized spacial score (nSPS) is 15.6. The monoisotopic (exact) mass is 580 g/mol. The quantitative estimate of drug-likeness (QED) is 0.187. The van der Waals surface area contributed by atoms with Crippen molar-refractivity contribution in [3.8, 4) is 22.6 Å². The van der Waals surface area contributed by atoms with Crippen molar-refractivity contribution in [2.75, 3.05) is 9.62 Å². The molecule has 0 N–H and O–H groups in total. The van der Waals surface area contributed by atoms with Crippen molar-refractivity contribution in [2.45, 2.75) is 25.7 Å². The van der Waals surface area contributed by atoms with Crippen molar-refractivity contribution < 1.29 is 0 Å². The molecule has 5 heteroatoms. The summed E-state index contributed by atoms with van der Waals surface area (Å²) in [5, 5.41) is 0. The van der Waals surface area contributed by atoms with Gasteiger partial charge in [0.15, 0.2) is 5.82 Å². The van der Waals surface area contributed by atoms with Gasteiger partial charge in [0.1, 0.15) is 0 Å². The van der Waals surface area contributed by atoms with Gasteiger partial charge in [-0.1, -0.05) is 103 Å². The van der Waals surface area contributed by atoms with Crippen LogP contribution >= 0.6 is 0 Å². The zero-order valence-corrected chi connectivity index (χ0v) is 25.1. The number of fused-ring (bicyclic) bond motifs is 1. The first-order chi connectivity index (χ1) is 22.3. The number of benzene rings is 4. The molecule has 2 heterocycles. The molecule has 0 atom stereocenters. The van der Waals surface area contributed by atoms with E-state index in [1.807, 2.05) is 6.07 Å². The van der Waals surface area contributed by atoms with Crippen LogP contribution < -0.4 is 9.62 Å². The first-order valence-electron chi connectivity index (χ1n) is 15.8. The molecule has 0 radical (unpaired) electrons. The molecule has 8 rings (SSSR count). The van der Waals surface area contributed by atoms with Crippen LogP contribution in [0.4, 0.5) is 22.7 Å². The summed E-state index contributed by atoms with van der Waals surface area (Å²) in [6.07, 6.45) is 17.7. The second-order valence-electron chi connectivity index (χ2n) is 11.7. The van der Waals surface area contributed by atoms with E-state index in [2.05, 4.69) is 155 Å². The summed E-state index contributed by atoms with van der Waals surface area (Å²) in [4.78, 5) is 15.1. The van der Waals surface area contributed by atoms with Crippen LogP contribution in [0.3, 0.4) is 0 Å². The molecular formula is C40H33BN4. The highest BCUT2D eigenvalue weighted by atomic mass is 15.3. The maximum atomic E-state index is 5.09. The Morgan fingerprint density at radius 2 is 1.24 bits per heavy atom. The van der Waals surface area contributed by atoms with E-state index in [0.29, 0.717) is 0 Å². The van der Waals surface area contributed by atoms with Gasteiger partial charge in [-0.25, -0.2) is 9.97 Å². The third kappa shape index (κ3) is 5.21. The number of anilines is 4. The summed E-state index contributed by atoms with van der Waals surface area (Å²) in [5.74, 6) is 0.738. The average molecular weight is 581 g/mol. The first kappa shape index (κ1) is 27.2. The van der Waals surface area contributed by atoms with Gasteiger partial charge in [-0.05, 0) is 85.9 Å². The molecule has 4 aromatic carbocycles. The Hall–Kier alpha value is -5.42. The maximum Gasteiger partial charge on any atom is 0.416 e. The molecule has 0 amide bonds. The van der Waals surface area contributed by atoms with Crippen molar-refractivity contribution in [1.29, 1.82) is 0 Å². The molecule has 0 unspecified atom stereocenters. The van der Waals surface area contributed by atoms with Crippen LogP contribution in [0.5, 0.6) is 0 Å². The maximum absolute atomic E-state index is 5.09. The fraction of sp³-hybridized carbons (Fsp3) is 0.100. The Morgan fingerprint density at radius 1 is 0.578 bits per heavy atom. The number of para-hydroxylation sites is 3. The highest BCUT2D eigenvalue weighted by Crippen LogP contribution is 2.48. The molecule has 3 aliphatic rings. The standard InChI is InChI=1S/C40H33BN4/c1-5-15-30(16-6-1)36-29-37(31-17-7-2-8-18-31)43-40(42-36)32-25-27-35(28-26-32)45-39-24-14-13-23-38(39)44(34-21-11-4-12-22-34)41(45)33-19-9-3-10-20-33/h1,3-7,9,11-19,21-29H,2,8,10,20H2. The third-order valence-electron chi connectivity index (χ3n) is 8.79. The number of nitrogens with zero attached hydrogens (tertiary/aromatic N) is 4. The molecule has 1 aliphatic heterocycles. The summed E-state index contributed by atoms with van der Waals surface area (Å²) in [7, 11) is 0. The SMILES string of the molecule is C1=CCCC(B2N(c3ccccc3)c3ccccc3N2c2ccc(-c3nc(C4=CCCC=C4)cc(-c4ccccc4)n3)cc2)=C1. The van der Waals surface area contributed by atoms with Gasteiger partial charge in [-0.3, -0.25) is 0 Å². The number of hydrogen-bond donors (Lipinski definition) is 0. The molecule has 0 saturated heterocycles. The van der Waals surface area contributed by atoms with Crippen molar-refractivity contribution in [3.05, 3.63) is 163 Å². The van der Waals surface area contributed by atoms with Gasteiger partial charge >= 0.3 is 6.98 Å². The molecule has 0 saturated carbocycles. The molecule has 45 heavy (non-hydrogen) atoms. The molecule has 0 spiro atoms. The second kappa shape index (κ2) is 11.9. The summed E-state index contributed by atoms with van der Waals surface area (Å²) >= 11 is 0. The van der Waals surface area contributed by atoms with E-state index in [-0.39, 0.29) is 6.98 Å². The fourth-order valence-corrected chi connectivity index (χ4v) is 6.62. The van der Waals surface area contributed by atoms with Crippen LogP contribution in [-0.2, 0) is 0 Å². The predicted octanol–water partition coefficient (Wildman–Crippen LogP) is 10.1. The molecule has 216 valence electrons. The van der Waals surface area contributed by atoms with Gasteiger partial charge in [0.2, 0.25) is 0 Å². The lowest BCUT2D eigenvalue weighted by atomic mass is 9.61. The Kier molecular flexibility index (Phi) is 7.20. The molecule has 0 bridgehead atoms. The predicted molar refractivity (Wildman–Crippen MR) is 189 cm³/mol. The minimum Gasteiger partial charge on any atom is -0.360 e. The Bertz CT molecular complexity index is 1960. The Morgan fingerprint density at radius 3 is 1.91 bits per heavy atom. The van der Waals surface area contributed by atoms with Crippen LogP contribution in [0.15, 0.2) is 157 Å². The zero-order chi connectivity index (χ0) is 30.0. The first-order valence-corrected chi connectivity index (χ1v) is 15.8. The lowest BCUT2D eigenvalue weighted by molar-refractivity contribution is 1.00. The van der Waals surface area contributed by atoms with Gasteiger partial charge in [-0.2, -0.15) is 0 Å². The smallest absolute Gasteiger partial charge is 0.360 e. The van der Waals surface area contributed by atoms with E-state index >= 15 is 0 Å². The van der Waals surface area contributed by atoms with E-state index in [1.54, 1.807) is 0 Å². The summed E-state index contributed by atoms with van der Waals surface area (Å²) in [6.45, 7) is 0.0369. The molecule has 0 fully saturated rings. The molecular weight excluding hydrogens is 547 g/mol. The van der Waals surface area contributed by atoms with Crippen LogP contribution in [0, 0.1) is 0 Å². The number of aromatic nitrogens is 2. The van der Waals surface area contributed by atoms with Crippen LogP contribution in [0.25, 0.3) is 28.2 Å². The van der Waals surface area contributed by atoms with E-state index in [1.165, 1.54) is 22.5 Å². The Labute approximate surface area is 265 Å². The summed E-state index contributed by atoms with van der Waals surface area (Å²) in [5.41, 5.74) is 11.3. The second-order valence-corrected chi connectivity index (χ2v) is 11.7. The number of rotatable bonds is 6. The van der Waals surface area contributed by atoms with Crippen molar-refractivity contribution in [3.63, 3.8) is 0 Å². The van der Waals surface area contributed by atoms with Crippen LogP contribution in [0.2, 0.25) is 0 Å². The molecule has 5 aromatic rings.